The average Bonchev–Trinajstić information content (AvgIpc) is 0.825. The molecule has 1 aromatic heterocycles. The van der Waals surface area contributed by atoms with Crippen molar-refractivity contribution in [3.63, 3.8) is 0 Å². The molecule has 0 aliphatic carbocycles. The largest absolute Gasteiger partial charge is 0.481 e. The predicted molar refractivity (Wildman–Crippen MR) is 327 cm³/mol. The number of carboxylic acids is 2. The monoisotopic (exact) mass is 1210 g/mol. The highest BCUT2D eigenvalue weighted by Crippen LogP contribution is 2.43. The first kappa shape index (κ1) is 69.3. The number of benzene rings is 4. The van der Waals surface area contributed by atoms with Crippen LogP contribution in [0.2, 0.25) is 0 Å². The van der Waals surface area contributed by atoms with Crippen molar-refractivity contribution < 1.29 is 58.1 Å². The van der Waals surface area contributed by atoms with Gasteiger partial charge in [-0.05, 0) is 73.8 Å². The number of ether oxygens (including phenoxy) is 1. The number of aromatic amines is 1. The minimum atomic E-state index is -1.09. The van der Waals surface area contributed by atoms with Crippen LogP contribution < -0.4 is 27.2 Å². The number of likely N-dealkylation sites (tertiary alicyclic amines) is 3. The van der Waals surface area contributed by atoms with Gasteiger partial charge >= 0.3 is 17.9 Å². The number of carbonyl (C=O) groups is 9. The first-order chi connectivity index (χ1) is 42.3. The van der Waals surface area contributed by atoms with Crippen molar-refractivity contribution in [2.24, 2.45) is 28.4 Å². The molecule has 0 radical (unpaired) electrons. The number of methoxy groups -OCH3 is 1. The highest BCUT2D eigenvalue weighted by molar-refractivity contribution is 5.95. The Balaban J connectivity index is 0.000000192. The summed E-state index contributed by atoms with van der Waals surface area (Å²) in [5.41, 5.74) is 8.96. The summed E-state index contributed by atoms with van der Waals surface area (Å²) in [7, 11) is 1.34. The molecule has 6 amide bonds. The number of nitrogens with two attached hydrogens (primary N) is 1. The zero-order valence-electron chi connectivity index (χ0n) is 50.0. The van der Waals surface area contributed by atoms with E-state index in [9.17, 15) is 47.9 Å². The number of unbranched alkanes of at least 4 members (excludes halogenated alkanes) is 1. The molecule has 6 aliphatic rings. The average molecular weight is 1210 g/mol. The van der Waals surface area contributed by atoms with Crippen LogP contribution in [0, 0.1) is 34.0 Å². The third kappa shape index (κ3) is 22.1. The Morgan fingerprint density at radius 3 is 1.52 bits per heavy atom. The maximum atomic E-state index is 12.4. The van der Waals surface area contributed by atoms with Crippen molar-refractivity contribution in [3.8, 4) is 6.07 Å². The third-order valence-electron chi connectivity index (χ3n) is 15.5. The van der Waals surface area contributed by atoms with Crippen molar-refractivity contribution >= 4 is 53.4 Å². The summed E-state index contributed by atoms with van der Waals surface area (Å²) in [6.07, 6.45) is 7.96. The second kappa shape index (κ2) is 35.8. The van der Waals surface area contributed by atoms with Gasteiger partial charge in [0.05, 0.1) is 41.4 Å². The molecular weight excluding hydrogens is 1130 g/mol. The van der Waals surface area contributed by atoms with Gasteiger partial charge in [0, 0.05) is 110 Å². The number of carboxylic acid groups (broad SMARTS) is 2. The molecule has 0 bridgehead atoms. The van der Waals surface area contributed by atoms with Gasteiger partial charge in [0.1, 0.15) is 0 Å². The Kier molecular flexibility index (Phi) is 28.2. The van der Waals surface area contributed by atoms with Crippen LogP contribution in [-0.4, -0.2) is 136 Å². The number of pyridine rings is 1. The summed E-state index contributed by atoms with van der Waals surface area (Å²) in [4.78, 5) is 119. The lowest BCUT2D eigenvalue weighted by atomic mass is 9.70. The fraction of sp³-hybridized carbons (Fsp3) is 0.409. The Labute approximate surface area is 512 Å². The number of nitriles is 1. The molecule has 4 atom stereocenters. The quantitative estimate of drug-likeness (QED) is 0.0453. The number of hydrogen-bond donors (Lipinski definition) is 7. The second-order valence-electron chi connectivity index (χ2n) is 21.9. The summed E-state index contributed by atoms with van der Waals surface area (Å²) in [6, 6.07) is 44.7. The molecule has 4 unspecified atom stereocenters. The minimum Gasteiger partial charge on any atom is -0.481 e. The standard InChI is InChI=1S/C16H20N2O2.C14H16N2O2.C10H11N.C7H11NO3.C7H9N.C6H9NO3.C6H5NO3/c1-2-17-9-8-16(10-14(17)19)12-18(15(16)20)11-13-6-4-3-5-7-13;17-12-8-14(6-7-15-12)10-16(13(14)18)9-11-4-2-1-3-5-11;11-9-5-4-8-10-6-2-1-3-7-10;1-11-7(10)5-2-3-8-6(9)4-5;8-6-7-4-2-1-3-5-7;2*8-5-3-4(6(9)10)1-2-7-5/h3-7H,2,8-12H2,1H3;1-5H,6-10H2,(H,15,17);1-3,6-7H,4-5,8H2;5H,2-4H2,1H3,(H,8,9);1-5H,6,8H2;4H,1-3H2,(H,7,8)(H,9,10);1-3H,(H,7,8)(H,9,10). The van der Waals surface area contributed by atoms with Crippen LogP contribution in [0.1, 0.15) is 104 Å². The third-order valence-corrected chi connectivity index (χ3v) is 15.5. The van der Waals surface area contributed by atoms with Crippen LogP contribution >= 0.6 is 0 Å². The number of amides is 6. The number of aryl methyl sites for hydroxylation is 1. The molecule has 4 aromatic carbocycles. The number of H-pyrrole nitrogens is 1. The molecule has 11 rings (SSSR count). The number of carbonyl (C=O) groups excluding carboxylic acids is 7. The minimum absolute atomic E-state index is 0.00347. The van der Waals surface area contributed by atoms with Gasteiger partial charge in [0.15, 0.2) is 0 Å². The Morgan fingerprint density at radius 1 is 0.636 bits per heavy atom. The fourth-order valence-corrected chi connectivity index (χ4v) is 10.5. The summed E-state index contributed by atoms with van der Waals surface area (Å²) in [5, 5.41) is 33.1. The lowest BCUT2D eigenvalue weighted by Gasteiger charge is -2.52. The van der Waals surface area contributed by atoms with Gasteiger partial charge in [-0.2, -0.15) is 5.26 Å². The fourth-order valence-electron chi connectivity index (χ4n) is 10.5. The number of piperidine rings is 4. The van der Waals surface area contributed by atoms with E-state index >= 15 is 0 Å². The van der Waals surface area contributed by atoms with Crippen LogP contribution in [-0.2, 0) is 69.1 Å². The Hall–Kier alpha value is -9.49. The van der Waals surface area contributed by atoms with E-state index in [0.29, 0.717) is 77.9 Å². The van der Waals surface area contributed by atoms with E-state index in [1.54, 1.807) is 0 Å². The normalized spacial score (nSPS) is 20.4. The molecule has 22 heteroatoms. The van der Waals surface area contributed by atoms with E-state index < -0.39 is 34.2 Å². The van der Waals surface area contributed by atoms with E-state index in [4.69, 9.17) is 21.2 Å². The summed E-state index contributed by atoms with van der Waals surface area (Å²) in [5.74, 6) is -2.71. The zero-order chi connectivity index (χ0) is 63.9. The predicted octanol–water partition coefficient (Wildman–Crippen LogP) is 5.62. The first-order valence-electron chi connectivity index (χ1n) is 29.5. The van der Waals surface area contributed by atoms with E-state index in [2.05, 4.69) is 43.9 Å². The van der Waals surface area contributed by atoms with Crippen molar-refractivity contribution in [2.75, 3.05) is 52.9 Å². The van der Waals surface area contributed by atoms with Crippen LogP contribution in [0.4, 0.5) is 0 Å². The van der Waals surface area contributed by atoms with Crippen LogP contribution in [0.3, 0.4) is 0 Å². The summed E-state index contributed by atoms with van der Waals surface area (Å²) < 4.78 is 4.52. The van der Waals surface area contributed by atoms with Gasteiger partial charge in [-0.3, -0.25) is 43.2 Å². The van der Waals surface area contributed by atoms with Crippen molar-refractivity contribution in [1.82, 2.24) is 35.6 Å². The van der Waals surface area contributed by atoms with Gasteiger partial charge < -0.3 is 56.3 Å². The van der Waals surface area contributed by atoms with E-state index in [-0.39, 0.29) is 65.7 Å². The molecule has 7 heterocycles. The zero-order valence-corrected chi connectivity index (χ0v) is 50.0. The summed E-state index contributed by atoms with van der Waals surface area (Å²) in [6.45, 7) is 8.56. The molecule has 88 heavy (non-hydrogen) atoms. The van der Waals surface area contributed by atoms with E-state index in [1.165, 1.54) is 30.5 Å². The number of hydrogen-bond acceptors (Lipinski definition) is 13. The van der Waals surface area contributed by atoms with Crippen LogP contribution in [0.25, 0.3) is 0 Å². The Bertz CT molecular complexity index is 3200. The lowest BCUT2D eigenvalue weighted by Crippen LogP contribution is -2.65. The van der Waals surface area contributed by atoms with Gasteiger partial charge in [-0.25, -0.2) is 4.79 Å². The molecule has 6 saturated heterocycles. The van der Waals surface area contributed by atoms with Gasteiger partial charge in [-0.15, -0.1) is 0 Å². The van der Waals surface area contributed by atoms with Crippen molar-refractivity contribution in [2.45, 2.75) is 97.2 Å². The van der Waals surface area contributed by atoms with E-state index in [0.717, 1.165) is 62.5 Å². The molecule has 468 valence electrons. The van der Waals surface area contributed by atoms with Gasteiger partial charge in [0.25, 0.3) is 0 Å². The van der Waals surface area contributed by atoms with Gasteiger partial charge in [-0.1, -0.05) is 121 Å². The number of nitrogens with zero attached hydrogens (tertiary/aromatic N) is 4. The maximum Gasteiger partial charge on any atom is 0.335 e. The van der Waals surface area contributed by atoms with E-state index in [1.807, 2.05) is 131 Å². The number of aromatic carboxylic acids is 1. The number of nitrogens with one attached hydrogen (secondary N) is 4. The van der Waals surface area contributed by atoms with Crippen molar-refractivity contribution in [3.05, 3.63) is 178 Å². The topological polar surface area (TPSA) is 332 Å². The van der Waals surface area contributed by atoms with Crippen LogP contribution in [0.5, 0.6) is 0 Å². The first-order valence-corrected chi connectivity index (χ1v) is 29.5. The lowest BCUT2D eigenvalue weighted by molar-refractivity contribution is -0.171. The summed E-state index contributed by atoms with van der Waals surface area (Å²) >= 11 is 0. The number of esters is 1. The molecular formula is C66H81N9O13. The Morgan fingerprint density at radius 2 is 1.12 bits per heavy atom. The smallest absolute Gasteiger partial charge is 0.335 e. The molecule has 2 spiro atoms. The van der Waals surface area contributed by atoms with Crippen molar-refractivity contribution in [1.29, 1.82) is 5.26 Å². The van der Waals surface area contributed by atoms with Gasteiger partial charge in [0.2, 0.25) is 41.0 Å². The second-order valence-corrected chi connectivity index (χ2v) is 21.9. The highest BCUT2D eigenvalue weighted by Gasteiger charge is 2.55. The molecule has 6 aliphatic heterocycles. The molecule has 6 fully saturated rings. The number of aromatic nitrogens is 1. The molecule has 0 saturated carbocycles. The van der Waals surface area contributed by atoms with Crippen LogP contribution in [0.15, 0.2) is 144 Å². The highest BCUT2D eigenvalue weighted by atomic mass is 16.5. The maximum absolute atomic E-state index is 12.4. The molecule has 8 N–H and O–H groups in total. The number of β-lactam (4-membered cyclic amide) rings is 2. The molecule has 5 aromatic rings. The molecule has 22 nitrogen and oxygen atoms in total. The SMILES string of the molecule is CCN1CCC2(CC1=O)CN(Cc1ccccc1)C2=O.COC(=O)C1CCNC(=O)C1.N#CCCCc1ccccc1.NCc1ccccc1.O=C(O)c1cc[nH]c(=O)c1.O=C1CC(C(=O)O)CCN1.O=C1CC2(CCN1)CN(Cc1ccccc1)C2=O. The number of rotatable bonds is 12. The number of aliphatic carboxylic acids is 1.